The minimum absolute atomic E-state index is 0.0284. The highest BCUT2D eigenvalue weighted by Crippen LogP contribution is 2.63. The maximum Gasteiger partial charge on any atom is 0.186 e. The molecule has 2 saturated carbocycles. The van der Waals surface area contributed by atoms with Crippen LogP contribution in [0.3, 0.4) is 0 Å². The molecule has 0 spiro atoms. The highest BCUT2D eigenvalue weighted by atomic mass is 16.7. The van der Waals surface area contributed by atoms with E-state index in [1.807, 2.05) is 6.92 Å². The Hall–Kier alpha value is -0.360. The molecular formula is C21H36O9. The molecule has 6 N–H and O–H groups in total. The summed E-state index contributed by atoms with van der Waals surface area (Å²) in [6, 6.07) is 0. The summed E-state index contributed by atoms with van der Waals surface area (Å²) in [7, 11) is 0. The zero-order valence-corrected chi connectivity index (χ0v) is 17.8. The van der Waals surface area contributed by atoms with Gasteiger partial charge in [-0.15, -0.1) is 0 Å². The molecule has 9 nitrogen and oxygen atoms in total. The summed E-state index contributed by atoms with van der Waals surface area (Å²) in [5.41, 5.74) is -1.42. The van der Waals surface area contributed by atoms with E-state index in [2.05, 4.69) is 0 Å². The van der Waals surface area contributed by atoms with E-state index in [-0.39, 0.29) is 30.3 Å². The predicted octanol–water partition coefficient (Wildman–Crippen LogP) is -1.39. The Bertz CT molecular complexity index is 622. The van der Waals surface area contributed by atoms with Crippen molar-refractivity contribution < 1.29 is 44.8 Å². The van der Waals surface area contributed by atoms with Crippen molar-refractivity contribution in [1.29, 1.82) is 0 Å². The van der Waals surface area contributed by atoms with E-state index in [0.29, 0.717) is 6.61 Å². The first-order chi connectivity index (χ1) is 14.0. The molecule has 30 heavy (non-hydrogen) atoms. The number of fused-ring (bicyclic) bond motifs is 4. The first-order valence-corrected chi connectivity index (χ1v) is 11.0. The average Bonchev–Trinajstić information content (AvgIpc) is 3.24. The zero-order valence-electron chi connectivity index (χ0n) is 17.8. The maximum atomic E-state index is 11.3. The number of ether oxygens (including phenoxy) is 3. The highest BCUT2D eigenvalue weighted by molar-refractivity contribution is 5.14. The van der Waals surface area contributed by atoms with E-state index in [9.17, 15) is 30.6 Å². The number of aliphatic hydroxyl groups is 6. The number of hydrogen-bond donors (Lipinski definition) is 6. The Morgan fingerprint density at radius 3 is 2.40 bits per heavy atom. The first-order valence-electron chi connectivity index (χ1n) is 11.0. The molecule has 0 aromatic heterocycles. The van der Waals surface area contributed by atoms with Gasteiger partial charge in [0, 0.05) is 11.3 Å². The standard InChI is InChI=1S/C21H36O9/c1-20(2,27)13-10-8-28-17(13)18(26)21(3)9(4-5-11(10)21)7-29-19-16(25)15(24)14(23)12(6-22)30-19/h9-19,22-27H,4-8H2,1-3H3/t9-,10?,11?,12?,13-,14?,15?,16?,17?,18+,19?,21-/m0/s1. The molecule has 2 aliphatic heterocycles. The van der Waals surface area contributed by atoms with Crippen LogP contribution in [0.4, 0.5) is 0 Å². The van der Waals surface area contributed by atoms with Gasteiger partial charge >= 0.3 is 0 Å². The van der Waals surface area contributed by atoms with Crippen LogP contribution in [0, 0.1) is 29.1 Å². The van der Waals surface area contributed by atoms with E-state index in [0.717, 1.165) is 12.8 Å². The van der Waals surface area contributed by atoms with Crippen molar-refractivity contribution in [2.75, 3.05) is 19.8 Å². The molecule has 0 aromatic carbocycles. The van der Waals surface area contributed by atoms with Gasteiger partial charge in [-0.2, -0.15) is 0 Å². The third-order valence-corrected chi connectivity index (χ3v) is 8.39. The van der Waals surface area contributed by atoms with Crippen molar-refractivity contribution in [3.8, 4) is 0 Å². The smallest absolute Gasteiger partial charge is 0.186 e. The second-order valence-corrected chi connectivity index (χ2v) is 10.4. The van der Waals surface area contributed by atoms with Crippen LogP contribution >= 0.6 is 0 Å². The van der Waals surface area contributed by atoms with Gasteiger partial charge in [0.15, 0.2) is 6.29 Å². The summed E-state index contributed by atoms with van der Waals surface area (Å²) in [5, 5.41) is 61.4. The molecule has 0 amide bonds. The lowest BCUT2D eigenvalue weighted by molar-refractivity contribution is -0.306. The molecule has 4 aliphatic rings. The van der Waals surface area contributed by atoms with Gasteiger partial charge in [0.05, 0.1) is 37.6 Å². The number of aliphatic hydroxyl groups excluding tert-OH is 5. The van der Waals surface area contributed by atoms with Gasteiger partial charge in [-0.3, -0.25) is 0 Å². The van der Waals surface area contributed by atoms with Crippen LogP contribution in [-0.4, -0.2) is 99.0 Å². The van der Waals surface area contributed by atoms with E-state index in [4.69, 9.17) is 14.2 Å². The lowest BCUT2D eigenvalue weighted by Gasteiger charge is -2.52. The lowest BCUT2D eigenvalue weighted by Crippen LogP contribution is -2.61. The fraction of sp³-hybridized carbons (Fsp3) is 1.00. The Morgan fingerprint density at radius 1 is 1.07 bits per heavy atom. The predicted molar refractivity (Wildman–Crippen MR) is 103 cm³/mol. The van der Waals surface area contributed by atoms with E-state index in [1.54, 1.807) is 13.8 Å². The molecule has 2 bridgehead atoms. The molecule has 174 valence electrons. The molecule has 2 saturated heterocycles. The lowest BCUT2D eigenvalue weighted by atomic mass is 9.54. The van der Waals surface area contributed by atoms with Gasteiger partial charge in [0.1, 0.15) is 24.4 Å². The van der Waals surface area contributed by atoms with Crippen molar-refractivity contribution in [2.24, 2.45) is 29.1 Å². The highest BCUT2D eigenvalue weighted by Gasteiger charge is 2.67. The molecule has 2 heterocycles. The van der Waals surface area contributed by atoms with Crippen LogP contribution in [0.25, 0.3) is 0 Å². The molecule has 0 radical (unpaired) electrons. The summed E-state index contributed by atoms with van der Waals surface area (Å²) in [5.74, 6) is 0.168. The molecule has 4 fully saturated rings. The van der Waals surface area contributed by atoms with E-state index >= 15 is 0 Å². The summed E-state index contributed by atoms with van der Waals surface area (Å²) in [6.07, 6.45) is -6.05. The number of hydrogen-bond acceptors (Lipinski definition) is 9. The van der Waals surface area contributed by atoms with Gasteiger partial charge in [0.2, 0.25) is 0 Å². The first kappa shape index (κ1) is 22.8. The second kappa shape index (κ2) is 7.90. The van der Waals surface area contributed by atoms with Crippen molar-refractivity contribution in [1.82, 2.24) is 0 Å². The maximum absolute atomic E-state index is 11.3. The molecular weight excluding hydrogens is 396 g/mol. The fourth-order valence-electron chi connectivity index (χ4n) is 6.73. The average molecular weight is 433 g/mol. The van der Waals surface area contributed by atoms with Gasteiger partial charge < -0.3 is 44.8 Å². The van der Waals surface area contributed by atoms with Crippen LogP contribution in [0.2, 0.25) is 0 Å². The monoisotopic (exact) mass is 432 g/mol. The van der Waals surface area contributed by atoms with Gasteiger partial charge in [0.25, 0.3) is 0 Å². The summed E-state index contributed by atoms with van der Waals surface area (Å²) in [4.78, 5) is 0. The Balaban J connectivity index is 1.48. The minimum Gasteiger partial charge on any atom is -0.394 e. The van der Waals surface area contributed by atoms with Crippen LogP contribution in [0.15, 0.2) is 0 Å². The largest absolute Gasteiger partial charge is 0.394 e. The molecule has 12 atom stereocenters. The quantitative estimate of drug-likeness (QED) is 0.309. The van der Waals surface area contributed by atoms with E-state index < -0.39 is 60.5 Å². The SMILES string of the molecule is CC(C)(O)[C@H]1C2COC1[C@@H](O)[C@]1(C)C2CC[C@H]1COC1OC(CO)C(O)C(O)C1O. The van der Waals surface area contributed by atoms with Gasteiger partial charge in [-0.1, -0.05) is 6.92 Å². The van der Waals surface area contributed by atoms with Gasteiger partial charge in [-0.05, 0) is 44.4 Å². The fourth-order valence-corrected chi connectivity index (χ4v) is 6.73. The Morgan fingerprint density at radius 2 is 1.77 bits per heavy atom. The van der Waals surface area contributed by atoms with Crippen molar-refractivity contribution >= 4 is 0 Å². The summed E-state index contributed by atoms with van der Waals surface area (Å²) < 4.78 is 17.2. The van der Waals surface area contributed by atoms with Crippen molar-refractivity contribution in [3.05, 3.63) is 0 Å². The Labute approximate surface area is 176 Å². The zero-order chi connectivity index (χ0) is 22.0. The molecule has 2 aliphatic carbocycles. The van der Waals surface area contributed by atoms with Crippen LogP contribution in [0.5, 0.6) is 0 Å². The third-order valence-electron chi connectivity index (χ3n) is 8.39. The summed E-state index contributed by atoms with van der Waals surface area (Å²) >= 11 is 0. The third kappa shape index (κ3) is 3.34. The van der Waals surface area contributed by atoms with Gasteiger partial charge in [-0.25, -0.2) is 0 Å². The number of rotatable bonds is 5. The molecule has 8 unspecified atom stereocenters. The molecule has 9 heteroatoms. The van der Waals surface area contributed by atoms with Crippen LogP contribution in [-0.2, 0) is 14.2 Å². The van der Waals surface area contributed by atoms with E-state index in [1.165, 1.54) is 0 Å². The van der Waals surface area contributed by atoms with Crippen molar-refractivity contribution in [2.45, 2.75) is 82.1 Å². The van der Waals surface area contributed by atoms with Crippen LogP contribution < -0.4 is 0 Å². The van der Waals surface area contributed by atoms with Crippen LogP contribution in [0.1, 0.15) is 33.6 Å². The van der Waals surface area contributed by atoms with Crippen molar-refractivity contribution in [3.63, 3.8) is 0 Å². The Kier molecular flexibility index (Phi) is 6.01. The molecule has 4 rings (SSSR count). The summed E-state index contributed by atoms with van der Waals surface area (Å²) in [6.45, 7) is 5.81. The molecule has 0 aromatic rings. The minimum atomic E-state index is -1.48. The second-order valence-electron chi connectivity index (χ2n) is 10.4. The topological polar surface area (TPSA) is 149 Å². The normalized spacial score (nSPS) is 53.7.